The van der Waals surface area contributed by atoms with E-state index in [4.69, 9.17) is 14.5 Å². The number of halogens is 3. The molecule has 0 atom stereocenters. The average molecular weight is 555 g/mol. The summed E-state index contributed by atoms with van der Waals surface area (Å²) in [6.07, 6.45) is -4.47. The first-order valence-corrected chi connectivity index (χ1v) is 12.5. The number of thioether (sulfide) groups is 1. The lowest BCUT2D eigenvalue weighted by Crippen LogP contribution is -2.23. The first-order valence-electron chi connectivity index (χ1n) is 11.6. The molecule has 2 aromatic heterocycles. The van der Waals surface area contributed by atoms with Crippen molar-refractivity contribution in [2.75, 3.05) is 25.3 Å². The van der Waals surface area contributed by atoms with Crippen LogP contribution in [-0.4, -0.2) is 40.4 Å². The fraction of sp³-hybridized carbons (Fsp3) is 0.148. The highest BCUT2D eigenvalue weighted by atomic mass is 32.2. The lowest BCUT2D eigenvalue weighted by atomic mass is 10.2. The van der Waals surface area contributed by atoms with Gasteiger partial charge in [0.25, 0.3) is 5.56 Å². The fourth-order valence-electron chi connectivity index (χ4n) is 4.10. The SMILES string of the molecule is COc1ccc(-n2c(SCC(=O)Nc3ccc(C(F)(F)F)cc3)nc3c([nH]c4ccccc43)c2=O)cc1OC. The van der Waals surface area contributed by atoms with Crippen LogP contribution in [0.3, 0.4) is 0 Å². The van der Waals surface area contributed by atoms with Crippen LogP contribution in [-0.2, 0) is 11.0 Å². The van der Waals surface area contributed by atoms with Gasteiger partial charge < -0.3 is 19.8 Å². The minimum absolute atomic E-state index is 0.158. The van der Waals surface area contributed by atoms with E-state index in [1.165, 1.54) is 30.9 Å². The molecule has 8 nitrogen and oxygen atoms in total. The average Bonchev–Trinajstić information content (AvgIpc) is 3.30. The zero-order chi connectivity index (χ0) is 27.7. The number of hydrogen-bond donors (Lipinski definition) is 2. The van der Waals surface area contributed by atoms with Gasteiger partial charge in [-0.15, -0.1) is 0 Å². The summed E-state index contributed by atoms with van der Waals surface area (Å²) < 4.78 is 50.6. The molecular weight excluding hydrogens is 533 g/mol. The molecule has 12 heteroatoms. The predicted octanol–water partition coefficient (Wildman–Crippen LogP) is 5.63. The minimum Gasteiger partial charge on any atom is -0.493 e. The Morgan fingerprint density at radius 3 is 2.44 bits per heavy atom. The maximum atomic E-state index is 13.7. The zero-order valence-electron chi connectivity index (χ0n) is 20.6. The van der Waals surface area contributed by atoms with Crippen LogP contribution in [0.1, 0.15) is 5.56 Å². The van der Waals surface area contributed by atoms with Gasteiger partial charge in [0.2, 0.25) is 5.91 Å². The highest BCUT2D eigenvalue weighted by Crippen LogP contribution is 2.32. The molecule has 0 radical (unpaired) electrons. The number of methoxy groups -OCH3 is 2. The van der Waals surface area contributed by atoms with Gasteiger partial charge in [0, 0.05) is 22.7 Å². The number of aromatic nitrogens is 3. The number of aromatic amines is 1. The molecule has 0 bridgehead atoms. The number of benzene rings is 3. The number of carbonyl (C=O) groups is 1. The summed E-state index contributed by atoms with van der Waals surface area (Å²) in [6.45, 7) is 0. The normalized spacial score (nSPS) is 11.6. The van der Waals surface area contributed by atoms with Crippen molar-refractivity contribution in [2.24, 2.45) is 0 Å². The van der Waals surface area contributed by atoms with E-state index in [1.807, 2.05) is 24.3 Å². The molecule has 2 heterocycles. The van der Waals surface area contributed by atoms with E-state index in [2.05, 4.69) is 10.3 Å². The van der Waals surface area contributed by atoms with E-state index < -0.39 is 17.6 Å². The van der Waals surface area contributed by atoms with E-state index in [0.29, 0.717) is 28.2 Å². The van der Waals surface area contributed by atoms with Crippen LogP contribution < -0.4 is 20.3 Å². The molecule has 0 saturated heterocycles. The first-order chi connectivity index (χ1) is 18.7. The number of nitrogens with zero attached hydrogens (tertiary/aromatic N) is 2. The predicted molar refractivity (Wildman–Crippen MR) is 143 cm³/mol. The molecule has 0 saturated carbocycles. The molecule has 5 aromatic rings. The molecule has 2 N–H and O–H groups in total. The Bertz CT molecular complexity index is 1750. The largest absolute Gasteiger partial charge is 0.493 e. The van der Waals surface area contributed by atoms with Crippen LogP contribution in [0.5, 0.6) is 11.5 Å². The van der Waals surface area contributed by atoms with E-state index in [0.717, 1.165) is 34.8 Å². The molecule has 0 fully saturated rings. The molecule has 1 amide bonds. The second-order valence-electron chi connectivity index (χ2n) is 8.38. The lowest BCUT2D eigenvalue weighted by Gasteiger charge is -2.14. The summed E-state index contributed by atoms with van der Waals surface area (Å²) in [6, 6.07) is 16.5. The van der Waals surface area contributed by atoms with Crippen LogP contribution in [0, 0.1) is 0 Å². The van der Waals surface area contributed by atoms with Crippen molar-refractivity contribution in [2.45, 2.75) is 11.3 Å². The van der Waals surface area contributed by atoms with Gasteiger partial charge in [-0.3, -0.25) is 14.2 Å². The molecule has 0 aliphatic rings. The number of alkyl halides is 3. The van der Waals surface area contributed by atoms with Crippen molar-refractivity contribution in [1.82, 2.24) is 14.5 Å². The zero-order valence-corrected chi connectivity index (χ0v) is 21.4. The maximum Gasteiger partial charge on any atom is 0.416 e. The number of fused-ring (bicyclic) bond motifs is 3. The number of rotatable bonds is 7. The number of nitrogens with one attached hydrogen (secondary N) is 2. The summed E-state index contributed by atoms with van der Waals surface area (Å²) >= 11 is 1.01. The van der Waals surface area contributed by atoms with Gasteiger partial charge in [0.1, 0.15) is 11.0 Å². The van der Waals surface area contributed by atoms with Gasteiger partial charge in [0.05, 0.1) is 31.2 Å². The number of amides is 1. The highest BCUT2D eigenvalue weighted by Gasteiger charge is 2.30. The topological polar surface area (TPSA) is 98.2 Å². The molecule has 39 heavy (non-hydrogen) atoms. The number of ether oxygens (including phenoxy) is 2. The van der Waals surface area contributed by atoms with Crippen molar-refractivity contribution < 1.29 is 27.4 Å². The van der Waals surface area contributed by atoms with Crippen LogP contribution in [0.15, 0.2) is 76.7 Å². The summed E-state index contributed by atoms with van der Waals surface area (Å²) in [7, 11) is 2.98. The summed E-state index contributed by atoms with van der Waals surface area (Å²) in [5.41, 5.74) is 0.946. The van der Waals surface area contributed by atoms with Gasteiger partial charge in [-0.25, -0.2) is 4.98 Å². The molecule has 200 valence electrons. The van der Waals surface area contributed by atoms with Crippen LogP contribution in [0.4, 0.5) is 18.9 Å². The quantitative estimate of drug-likeness (QED) is 0.200. The Morgan fingerprint density at radius 2 is 1.74 bits per heavy atom. The van der Waals surface area contributed by atoms with E-state index >= 15 is 0 Å². The van der Waals surface area contributed by atoms with Crippen LogP contribution in [0.2, 0.25) is 0 Å². The second kappa shape index (κ2) is 10.4. The molecular formula is C27H21F3N4O4S. The minimum atomic E-state index is -4.47. The number of para-hydroxylation sites is 1. The smallest absolute Gasteiger partial charge is 0.416 e. The number of carbonyl (C=O) groups excluding carboxylic acids is 1. The molecule has 0 aliphatic heterocycles. The monoisotopic (exact) mass is 554 g/mol. The van der Waals surface area contributed by atoms with Crippen molar-refractivity contribution >= 4 is 45.3 Å². The number of hydrogen-bond acceptors (Lipinski definition) is 6. The Balaban J connectivity index is 1.51. The van der Waals surface area contributed by atoms with Crippen LogP contribution in [0.25, 0.3) is 27.6 Å². The Morgan fingerprint density at radius 1 is 1.03 bits per heavy atom. The second-order valence-corrected chi connectivity index (χ2v) is 9.32. The molecule has 0 spiro atoms. The molecule has 5 rings (SSSR count). The van der Waals surface area contributed by atoms with E-state index in [-0.39, 0.29) is 22.2 Å². The molecule has 0 unspecified atom stereocenters. The van der Waals surface area contributed by atoms with Gasteiger partial charge >= 0.3 is 6.18 Å². The fourth-order valence-corrected chi connectivity index (χ4v) is 4.91. The third-order valence-electron chi connectivity index (χ3n) is 5.95. The van der Waals surface area contributed by atoms with Gasteiger partial charge in [-0.05, 0) is 42.5 Å². The number of H-pyrrole nitrogens is 1. The Labute approximate surface area is 223 Å². The molecule has 0 aliphatic carbocycles. The Hall–Kier alpha value is -4.45. The lowest BCUT2D eigenvalue weighted by molar-refractivity contribution is -0.137. The van der Waals surface area contributed by atoms with Crippen molar-refractivity contribution in [3.63, 3.8) is 0 Å². The van der Waals surface area contributed by atoms with Crippen LogP contribution >= 0.6 is 11.8 Å². The Kier molecular flexibility index (Phi) is 6.96. The summed E-state index contributed by atoms with van der Waals surface area (Å²) in [5, 5.41) is 3.57. The summed E-state index contributed by atoms with van der Waals surface area (Å²) in [4.78, 5) is 34.3. The third kappa shape index (κ3) is 5.15. The maximum absolute atomic E-state index is 13.7. The van der Waals surface area contributed by atoms with Crippen molar-refractivity contribution in [3.8, 4) is 17.2 Å². The number of anilines is 1. The van der Waals surface area contributed by atoms with Gasteiger partial charge in [-0.1, -0.05) is 30.0 Å². The van der Waals surface area contributed by atoms with E-state index in [9.17, 15) is 22.8 Å². The summed E-state index contributed by atoms with van der Waals surface area (Å²) in [5.74, 6) is 0.231. The van der Waals surface area contributed by atoms with Crippen molar-refractivity contribution in [3.05, 3.63) is 82.6 Å². The standard InChI is InChI=1S/C27H21F3N4O4S/c1-37-20-12-11-17(13-21(20)38-2)34-25(36)24-23(18-5-3-4-6-19(18)32-24)33-26(34)39-14-22(35)31-16-9-7-15(8-10-16)27(28,29)30/h3-13,32H,14H2,1-2H3,(H,31,35). The molecule has 3 aromatic carbocycles. The van der Waals surface area contributed by atoms with Crippen molar-refractivity contribution in [1.29, 1.82) is 0 Å². The highest BCUT2D eigenvalue weighted by molar-refractivity contribution is 7.99. The van der Waals surface area contributed by atoms with Gasteiger partial charge in [-0.2, -0.15) is 13.2 Å². The third-order valence-corrected chi connectivity index (χ3v) is 6.89. The first kappa shape index (κ1) is 26.2. The van der Waals surface area contributed by atoms with Gasteiger partial charge in [0.15, 0.2) is 16.7 Å². The van der Waals surface area contributed by atoms with E-state index in [1.54, 1.807) is 18.2 Å².